The molecule has 0 aliphatic rings. The minimum atomic E-state index is -0.392. The van der Waals surface area contributed by atoms with Gasteiger partial charge in [0.1, 0.15) is 5.01 Å². The van der Waals surface area contributed by atoms with E-state index < -0.39 is 5.97 Å². The molecule has 0 radical (unpaired) electrons. The van der Waals surface area contributed by atoms with E-state index in [0.29, 0.717) is 10.7 Å². The third-order valence-corrected chi connectivity index (χ3v) is 3.74. The number of aromatic nitrogens is 2. The van der Waals surface area contributed by atoms with Gasteiger partial charge in [0.2, 0.25) is 11.0 Å². The van der Waals surface area contributed by atoms with Gasteiger partial charge in [0.15, 0.2) is 0 Å². The molecule has 1 aromatic heterocycles. The van der Waals surface area contributed by atoms with Crippen molar-refractivity contribution in [1.82, 2.24) is 10.2 Å². The summed E-state index contributed by atoms with van der Waals surface area (Å²) in [7, 11) is 1.33. The molecule has 0 spiro atoms. The summed E-state index contributed by atoms with van der Waals surface area (Å²) < 4.78 is 4.62. The van der Waals surface area contributed by atoms with Gasteiger partial charge in [-0.2, -0.15) is 0 Å². The van der Waals surface area contributed by atoms with Gasteiger partial charge in [-0.05, 0) is 30.2 Å². The third-order valence-electron chi connectivity index (χ3n) is 2.76. The molecule has 6 nitrogen and oxygen atoms in total. The SMILES string of the molecule is CCc1nnc(NC(=O)/C=C/c2ccc(C(=O)OC)cc2)s1. The fraction of sp³-hybridized carbons (Fsp3) is 0.200. The van der Waals surface area contributed by atoms with Crippen molar-refractivity contribution >= 4 is 34.4 Å². The molecule has 0 fully saturated rings. The maximum Gasteiger partial charge on any atom is 0.337 e. The summed E-state index contributed by atoms with van der Waals surface area (Å²) in [4.78, 5) is 23.1. The van der Waals surface area contributed by atoms with Crippen molar-refractivity contribution in [3.63, 3.8) is 0 Å². The van der Waals surface area contributed by atoms with Crippen LogP contribution in [0.4, 0.5) is 5.13 Å². The van der Waals surface area contributed by atoms with Gasteiger partial charge in [0.05, 0.1) is 12.7 Å². The molecule has 1 heterocycles. The van der Waals surface area contributed by atoms with Crippen LogP contribution >= 0.6 is 11.3 Å². The summed E-state index contributed by atoms with van der Waals surface area (Å²) in [6, 6.07) is 6.75. The van der Waals surface area contributed by atoms with Crippen LogP contribution in [0.25, 0.3) is 6.08 Å². The number of rotatable bonds is 5. The van der Waals surface area contributed by atoms with E-state index in [1.807, 2.05) is 6.92 Å². The van der Waals surface area contributed by atoms with Crippen LogP contribution in [0.1, 0.15) is 27.9 Å². The Morgan fingerprint density at radius 2 is 2.00 bits per heavy atom. The van der Waals surface area contributed by atoms with Crippen molar-refractivity contribution < 1.29 is 14.3 Å². The van der Waals surface area contributed by atoms with Gasteiger partial charge in [-0.25, -0.2) is 4.79 Å². The molecule has 0 bridgehead atoms. The first kappa shape index (κ1) is 15.8. The zero-order valence-electron chi connectivity index (χ0n) is 12.2. The van der Waals surface area contributed by atoms with Crippen LogP contribution < -0.4 is 5.32 Å². The van der Waals surface area contributed by atoms with Crippen LogP contribution in [0.2, 0.25) is 0 Å². The topological polar surface area (TPSA) is 81.2 Å². The third kappa shape index (κ3) is 4.23. The second-order valence-corrected chi connectivity index (χ2v) is 5.35. The molecule has 1 amide bonds. The summed E-state index contributed by atoms with van der Waals surface area (Å²) in [5.41, 5.74) is 1.26. The second kappa shape index (κ2) is 7.46. The number of nitrogens with one attached hydrogen (secondary N) is 1. The fourth-order valence-corrected chi connectivity index (χ4v) is 2.30. The van der Waals surface area contributed by atoms with E-state index in [2.05, 4.69) is 20.3 Å². The Labute approximate surface area is 131 Å². The molecule has 0 saturated carbocycles. The van der Waals surface area contributed by atoms with Crippen molar-refractivity contribution in [2.75, 3.05) is 12.4 Å². The van der Waals surface area contributed by atoms with E-state index in [9.17, 15) is 9.59 Å². The molecule has 22 heavy (non-hydrogen) atoms. The molecule has 0 aliphatic carbocycles. The van der Waals surface area contributed by atoms with E-state index >= 15 is 0 Å². The number of nitrogens with zero attached hydrogens (tertiary/aromatic N) is 2. The fourth-order valence-electron chi connectivity index (χ4n) is 1.61. The summed E-state index contributed by atoms with van der Waals surface area (Å²) in [5, 5.41) is 11.8. The number of carbonyl (C=O) groups is 2. The summed E-state index contributed by atoms with van der Waals surface area (Å²) in [6.45, 7) is 1.98. The van der Waals surface area contributed by atoms with Gasteiger partial charge in [-0.15, -0.1) is 10.2 Å². The number of benzene rings is 1. The first-order valence-corrected chi connectivity index (χ1v) is 7.44. The lowest BCUT2D eigenvalue weighted by molar-refractivity contribution is -0.111. The Morgan fingerprint density at radius 3 is 2.59 bits per heavy atom. The molecule has 0 aliphatic heterocycles. The van der Waals surface area contributed by atoms with Crippen LogP contribution in [-0.4, -0.2) is 29.2 Å². The van der Waals surface area contributed by atoms with Crippen molar-refractivity contribution in [3.8, 4) is 0 Å². The van der Waals surface area contributed by atoms with E-state index in [1.165, 1.54) is 24.5 Å². The predicted molar refractivity (Wildman–Crippen MR) is 84.7 cm³/mol. The van der Waals surface area contributed by atoms with Gasteiger partial charge in [0.25, 0.3) is 0 Å². The number of esters is 1. The normalized spacial score (nSPS) is 10.6. The molecule has 1 aromatic carbocycles. The average Bonchev–Trinajstić information content (AvgIpc) is 3.00. The zero-order chi connectivity index (χ0) is 15.9. The van der Waals surface area contributed by atoms with E-state index in [0.717, 1.165) is 17.0 Å². The maximum absolute atomic E-state index is 11.8. The van der Waals surface area contributed by atoms with Gasteiger partial charge in [0, 0.05) is 6.08 Å². The standard InChI is InChI=1S/C15H15N3O3S/c1-3-13-17-18-15(22-13)16-12(19)9-6-10-4-7-11(8-5-10)14(20)21-2/h4-9H,3H2,1-2H3,(H,16,18,19)/b9-6+. The Morgan fingerprint density at radius 1 is 1.27 bits per heavy atom. The Balaban J connectivity index is 1.95. The molecule has 0 saturated heterocycles. The lowest BCUT2D eigenvalue weighted by atomic mass is 10.1. The highest BCUT2D eigenvalue weighted by Gasteiger charge is 2.05. The Kier molecular flexibility index (Phi) is 5.37. The average molecular weight is 317 g/mol. The van der Waals surface area contributed by atoms with Crippen molar-refractivity contribution in [3.05, 3.63) is 46.5 Å². The summed E-state index contributed by atoms with van der Waals surface area (Å²) >= 11 is 1.35. The molecule has 7 heteroatoms. The quantitative estimate of drug-likeness (QED) is 0.677. The summed E-state index contributed by atoms with van der Waals surface area (Å²) in [5.74, 6) is -0.674. The van der Waals surface area contributed by atoms with E-state index in [1.54, 1.807) is 30.3 Å². The van der Waals surface area contributed by atoms with E-state index in [-0.39, 0.29) is 5.91 Å². The number of aryl methyl sites for hydroxylation is 1. The minimum Gasteiger partial charge on any atom is -0.465 e. The second-order valence-electron chi connectivity index (χ2n) is 4.29. The molecule has 114 valence electrons. The predicted octanol–water partition coefficient (Wildman–Crippen LogP) is 2.54. The number of hydrogen-bond acceptors (Lipinski definition) is 6. The highest BCUT2D eigenvalue weighted by molar-refractivity contribution is 7.15. The smallest absolute Gasteiger partial charge is 0.337 e. The molecule has 2 aromatic rings. The Hall–Kier alpha value is -2.54. The van der Waals surface area contributed by atoms with Crippen LogP contribution in [0.5, 0.6) is 0 Å². The van der Waals surface area contributed by atoms with Crippen molar-refractivity contribution in [2.45, 2.75) is 13.3 Å². The van der Waals surface area contributed by atoms with E-state index in [4.69, 9.17) is 0 Å². The molecular formula is C15H15N3O3S. The maximum atomic E-state index is 11.8. The zero-order valence-corrected chi connectivity index (χ0v) is 13.0. The largest absolute Gasteiger partial charge is 0.465 e. The van der Waals surface area contributed by atoms with Gasteiger partial charge >= 0.3 is 5.97 Å². The van der Waals surface area contributed by atoms with Crippen LogP contribution in [0.3, 0.4) is 0 Å². The molecular weight excluding hydrogens is 302 g/mol. The molecule has 0 unspecified atom stereocenters. The number of methoxy groups -OCH3 is 1. The lowest BCUT2D eigenvalue weighted by Crippen LogP contribution is -2.07. The van der Waals surface area contributed by atoms with Crippen LogP contribution in [0.15, 0.2) is 30.3 Å². The first-order chi connectivity index (χ1) is 10.6. The van der Waals surface area contributed by atoms with Gasteiger partial charge < -0.3 is 4.74 Å². The minimum absolute atomic E-state index is 0.282. The Bertz CT molecular complexity index is 692. The first-order valence-electron chi connectivity index (χ1n) is 6.62. The summed E-state index contributed by atoms with van der Waals surface area (Å²) in [6.07, 6.45) is 3.84. The molecule has 1 N–H and O–H groups in total. The highest BCUT2D eigenvalue weighted by atomic mass is 32.1. The van der Waals surface area contributed by atoms with Gasteiger partial charge in [-0.3, -0.25) is 10.1 Å². The van der Waals surface area contributed by atoms with Crippen molar-refractivity contribution in [1.29, 1.82) is 0 Å². The van der Waals surface area contributed by atoms with Crippen molar-refractivity contribution in [2.24, 2.45) is 0 Å². The molecule has 0 atom stereocenters. The number of ether oxygens (including phenoxy) is 1. The number of anilines is 1. The number of hydrogen-bond donors (Lipinski definition) is 1. The monoisotopic (exact) mass is 317 g/mol. The number of carbonyl (C=O) groups excluding carboxylic acids is 2. The lowest BCUT2D eigenvalue weighted by Gasteiger charge is -1.99. The highest BCUT2D eigenvalue weighted by Crippen LogP contribution is 2.15. The molecule has 2 rings (SSSR count). The van der Waals surface area contributed by atoms with Gasteiger partial charge in [-0.1, -0.05) is 30.4 Å². The van der Waals surface area contributed by atoms with Crippen LogP contribution in [0, 0.1) is 0 Å². The number of amides is 1. The van der Waals surface area contributed by atoms with Crippen LogP contribution in [-0.2, 0) is 16.0 Å².